The number of hydrogen-bond acceptors (Lipinski definition) is 3. The van der Waals surface area contributed by atoms with E-state index in [1.54, 1.807) is 6.20 Å². The van der Waals surface area contributed by atoms with Gasteiger partial charge in [-0.2, -0.15) is 0 Å². The van der Waals surface area contributed by atoms with Crippen LogP contribution in [0.2, 0.25) is 0 Å². The Labute approximate surface area is 105 Å². The molecule has 2 aromatic heterocycles. The van der Waals surface area contributed by atoms with Gasteiger partial charge in [0.05, 0.1) is 6.20 Å². The quantitative estimate of drug-likeness (QED) is 0.871. The van der Waals surface area contributed by atoms with E-state index in [0.717, 1.165) is 5.76 Å². The summed E-state index contributed by atoms with van der Waals surface area (Å²) in [7, 11) is 0. The summed E-state index contributed by atoms with van der Waals surface area (Å²) in [6, 6.07) is 3.69. The van der Waals surface area contributed by atoms with Gasteiger partial charge in [0.1, 0.15) is 23.2 Å². The van der Waals surface area contributed by atoms with Crippen LogP contribution in [-0.2, 0) is 4.79 Å². The summed E-state index contributed by atoms with van der Waals surface area (Å²) in [5.41, 5.74) is 0.699. The van der Waals surface area contributed by atoms with Crippen molar-refractivity contribution in [1.29, 1.82) is 0 Å². The van der Waals surface area contributed by atoms with Gasteiger partial charge in [0.25, 0.3) is 0 Å². The fraction of sp³-hybridized carbons (Fsp3) is 0.385. The second-order valence-electron chi connectivity index (χ2n) is 4.65. The lowest BCUT2D eigenvalue weighted by Crippen LogP contribution is -2.18. The van der Waals surface area contributed by atoms with Crippen LogP contribution in [0, 0.1) is 12.8 Å². The SMILES string of the molecule is Cc1ccc(-c2cnc(C(C(=O)O)C(C)C)[nH]2)o1. The van der Waals surface area contributed by atoms with E-state index < -0.39 is 11.9 Å². The fourth-order valence-electron chi connectivity index (χ4n) is 1.92. The molecule has 5 nitrogen and oxygen atoms in total. The lowest BCUT2D eigenvalue weighted by Gasteiger charge is -2.12. The topological polar surface area (TPSA) is 79.1 Å². The molecule has 0 bridgehead atoms. The van der Waals surface area contributed by atoms with E-state index >= 15 is 0 Å². The smallest absolute Gasteiger partial charge is 0.314 e. The molecule has 0 saturated heterocycles. The minimum atomic E-state index is -0.874. The summed E-state index contributed by atoms with van der Waals surface area (Å²) in [4.78, 5) is 18.4. The van der Waals surface area contributed by atoms with Crippen LogP contribution in [-0.4, -0.2) is 21.0 Å². The molecule has 2 aromatic rings. The number of rotatable bonds is 4. The van der Waals surface area contributed by atoms with Crippen LogP contribution >= 0.6 is 0 Å². The van der Waals surface area contributed by atoms with Crippen molar-refractivity contribution in [2.75, 3.05) is 0 Å². The van der Waals surface area contributed by atoms with Crippen molar-refractivity contribution in [2.45, 2.75) is 26.7 Å². The van der Waals surface area contributed by atoms with Gasteiger partial charge in [-0.3, -0.25) is 4.79 Å². The highest BCUT2D eigenvalue weighted by Gasteiger charge is 2.26. The maximum atomic E-state index is 11.2. The zero-order valence-corrected chi connectivity index (χ0v) is 10.6. The van der Waals surface area contributed by atoms with Gasteiger partial charge in [0.2, 0.25) is 0 Å². The summed E-state index contributed by atoms with van der Waals surface area (Å²) in [6.45, 7) is 5.57. The average molecular weight is 248 g/mol. The van der Waals surface area contributed by atoms with E-state index in [1.165, 1.54) is 0 Å². The number of nitrogens with one attached hydrogen (secondary N) is 1. The van der Waals surface area contributed by atoms with Crippen molar-refractivity contribution < 1.29 is 14.3 Å². The molecular formula is C13H16N2O3. The number of aromatic nitrogens is 2. The van der Waals surface area contributed by atoms with Gasteiger partial charge in [-0.05, 0) is 25.0 Å². The zero-order valence-electron chi connectivity index (χ0n) is 10.6. The molecule has 0 aliphatic rings. The van der Waals surface area contributed by atoms with Crippen LogP contribution in [0.25, 0.3) is 11.5 Å². The van der Waals surface area contributed by atoms with E-state index in [9.17, 15) is 9.90 Å². The number of imidazole rings is 1. The van der Waals surface area contributed by atoms with Gasteiger partial charge in [-0.1, -0.05) is 13.8 Å². The predicted octanol–water partition coefficient (Wildman–Crippen LogP) is 2.80. The summed E-state index contributed by atoms with van der Waals surface area (Å²) in [5, 5.41) is 9.20. The van der Waals surface area contributed by atoms with Crippen molar-refractivity contribution in [1.82, 2.24) is 9.97 Å². The molecule has 1 atom stereocenters. The number of carbonyl (C=O) groups is 1. The molecule has 2 N–H and O–H groups in total. The van der Waals surface area contributed by atoms with Gasteiger partial charge in [0.15, 0.2) is 5.76 Å². The number of furan rings is 1. The van der Waals surface area contributed by atoms with E-state index in [4.69, 9.17) is 4.42 Å². The monoisotopic (exact) mass is 248 g/mol. The number of nitrogens with zero attached hydrogens (tertiary/aromatic N) is 1. The van der Waals surface area contributed by atoms with Crippen LogP contribution in [0.3, 0.4) is 0 Å². The van der Waals surface area contributed by atoms with E-state index in [2.05, 4.69) is 9.97 Å². The highest BCUT2D eigenvalue weighted by Crippen LogP contribution is 2.26. The predicted molar refractivity (Wildman–Crippen MR) is 66.2 cm³/mol. The molecule has 0 aliphatic carbocycles. The number of carboxylic acid groups (broad SMARTS) is 1. The minimum absolute atomic E-state index is 0.0279. The van der Waals surface area contributed by atoms with Crippen molar-refractivity contribution in [3.63, 3.8) is 0 Å². The number of aryl methyl sites for hydroxylation is 1. The maximum Gasteiger partial charge on any atom is 0.314 e. The third kappa shape index (κ3) is 2.30. The van der Waals surface area contributed by atoms with E-state index in [-0.39, 0.29) is 5.92 Å². The number of H-pyrrole nitrogens is 1. The molecule has 0 fully saturated rings. The Hall–Kier alpha value is -2.04. The van der Waals surface area contributed by atoms with Gasteiger partial charge in [0, 0.05) is 0 Å². The zero-order chi connectivity index (χ0) is 13.3. The van der Waals surface area contributed by atoms with Crippen LogP contribution in [0.4, 0.5) is 0 Å². The highest BCUT2D eigenvalue weighted by molar-refractivity contribution is 5.75. The van der Waals surface area contributed by atoms with Crippen LogP contribution < -0.4 is 0 Å². The Morgan fingerprint density at radius 1 is 1.44 bits per heavy atom. The van der Waals surface area contributed by atoms with Crippen molar-refractivity contribution in [3.05, 3.63) is 29.9 Å². The molecule has 18 heavy (non-hydrogen) atoms. The average Bonchev–Trinajstić information content (AvgIpc) is 2.85. The molecule has 0 saturated carbocycles. The molecule has 0 spiro atoms. The third-order valence-corrected chi connectivity index (χ3v) is 2.83. The first-order valence-electron chi connectivity index (χ1n) is 5.83. The summed E-state index contributed by atoms with van der Waals surface area (Å²) >= 11 is 0. The molecule has 2 heterocycles. The number of hydrogen-bond donors (Lipinski definition) is 2. The summed E-state index contributed by atoms with van der Waals surface area (Å²) < 4.78 is 5.46. The maximum absolute atomic E-state index is 11.2. The molecule has 2 rings (SSSR count). The van der Waals surface area contributed by atoms with Gasteiger partial charge >= 0.3 is 5.97 Å². The van der Waals surface area contributed by atoms with Crippen molar-refractivity contribution in [3.8, 4) is 11.5 Å². The molecule has 96 valence electrons. The number of aromatic amines is 1. The molecule has 0 radical (unpaired) electrons. The first kappa shape index (κ1) is 12.4. The van der Waals surface area contributed by atoms with Gasteiger partial charge in [-0.15, -0.1) is 0 Å². The Morgan fingerprint density at radius 3 is 2.67 bits per heavy atom. The van der Waals surface area contributed by atoms with Crippen molar-refractivity contribution >= 4 is 5.97 Å². The van der Waals surface area contributed by atoms with Gasteiger partial charge < -0.3 is 14.5 Å². The molecular weight excluding hydrogens is 232 g/mol. The fourth-order valence-corrected chi connectivity index (χ4v) is 1.92. The lowest BCUT2D eigenvalue weighted by molar-refractivity contribution is -0.140. The minimum Gasteiger partial charge on any atom is -0.481 e. The van der Waals surface area contributed by atoms with E-state index in [0.29, 0.717) is 17.3 Å². The van der Waals surface area contributed by atoms with Crippen LogP contribution in [0.5, 0.6) is 0 Å². The Balaban J connectivity index is 2.32. The Morgan fingerprint density at radius 2 is 2.17 bits per heavy atom. The first-order chi connectivity index (χ1) is 8.49. The Bertz CT molecular complexity index is 554. The third-order valence-electron chi connectivity index (χ3n) is 2.83. The normalized spacial score (nSPS) is 12.9. The van der Waals surface area contributed by atoms with E-state index in [1.807, 2.05) is 32.9 Å². The second-order valence-corrected chi connectivity index (χ2v) is 4.65. The molecule has 0 amide bonds. The van der Waals surface area contributed by atoms with Gasteiger partial charge in [-0.25, -0.2) is 4.98 Å². The molecule has 1 unspecified atom stereocenters. The Kier molecular flexibility index (Phi) is 3.23. The first-order valence-corrected chi connectivity index (χ1v) is 5.83. The number of carboxylic acids is 1. The van der Waals surface area contributed by atoms with Crippen LogP contribution in [0.15, 0.2) is 22.7 Å². The lowest BCUT2D eigenvalue weighted by atomic mass is 9.95. The summed E-state index contributed by atoms with van der Waals surface area (Å²) in [5.74, 6) is 0.400. The molecule has 0 aliphatic heterocycles. The van der Waals surface area contributed by atoms with Crippen LogP contribution in [0.1, 0.15) is 31.4 Å². The summed E-state index contributed by atoms with van der Waals surface area (Å²) in [6.07, 6.45) is 1.60. The number of aliphatic carboxylic acids is 1. The van der Waals surface area contributed by atoms with Crippen molar-refractivity contribution in [2.24, 2.45) is 5.92 Å². The second kappa shape index (κ2) is 4.68. The molecule has 0 aromatic carbocycles. The standard InChI is InChI=1S/C13H16N2O3/c1-7(2)11(13(16)17)12-14-6-9(15-12)10-5-4-8(3)18-10/h4-7,11H,1-3H3,(H,14,15)(H,16,17). The molecule has 5 heteroatoms. The highest BCUT2D eigenvalue weighted by atomic mass is 16.4. The largest absolute Gasteiger partial charge is 0.481 e.